The second kappa shape index (κ2) is 8.86. The first-order valence-corrected chi connectivity index (χ1v) is 10.3. The van der Waals surface area contributed by atoms with E-state index in [9.17, 15) is 9.59 Å². The maximum Gasteiger partial charge on any atom is 0.256 e. The minimum Gasteiger partial charge on any atom is -0.490 e. The summed E-state index contributed by atoms with van der Waals surface area (Å²) in [4.78, 5) is 25.8. The van der Waals surface area contributed by atoms with Crippen LogP contribution in [0.25, 0.3) is 0 Å². The number of carbonyl (C=O) groups is 2. The number of thiophene rings is 1. The smallest absolute Gasteiger partial charge is 0.256 e. The summed E-state index contributed by atoms with van der Waals surface area (Å²) in [5.74, 6) is -0.152. The molecule has 6 nitrogen and oxygen atoms in total. The largest absolute Gasteiger partial charge is 0.490 e. The molecule has 2 aromatic rings. The molecule has 27 heavy (non-hydrogen) atoms. The highest BCUT2D eigenvalue weighted by Crippen LogP contribution is 2.38. The van der Waals surface area contributed by atoms with Crippen molar-refractivity contribution < 1.29 is 19.1 Å². The van der Waals surface area contributed by atoms with E-state index >= 15 is 0 Å². The van der Waals surface area contributed by atoms with Crippen LogP contribution in [0.3, 0.4) is 0 Å². The van der Waals surface area contributed by atoms with Gasteiger partial charge in [0, 0.05) is 17.6 Å². The molecule has 1 aromatic carbocycles. The number of fused-ring (bicyclic) bond motifs is 1. The van der Waals surface area contributed by atoms with Crippen molar-refractivity contribution in [1.82, 2.24) is 0 Å². The summed E-state index contributed by atoms with van der Waals surface area (Å²) in [6.45, 7) is 0.900. The van der Waals surface area contributed by atoms with Crippen molar-refractivity contribution in [2.24, 2.45) is 5.73 Å². The van der Waals surface area contributed by atoms with Gasteiger partial charge in [0.2, 0.25) is 0 Å². The predicted octanol–water partition coefficient (Wildman–Crippen LogP) is 3.77. The topological polar surface area (TPSA) is 90.7 Å². The van der Waals surface area contributed by atoms with Crippen LogP contribution >= 0.6 is 27.3 Å². The normalized spacial score (nSPS) is 13.1. The number of anilines is 1. The van der Waals surface area contributed by atoms with E-state index in [0.29, 0.717) is 39.6 Å². The number of halogens is 1. The van der Waals surface area contributed by atoms with E-state index in [-0.39, 0.29) is 5.91 Å². The maximum atomic E-state index is 12.7. The zero-order valence-electron chi connectivity index (χ0n) is 15.0. The van der Waals surface area contributed by atoms with Crippen LogP contribution in [0, 0.1) is 0 Å². The van der Waals surface area contributed by atoms with Gasteiger partial charge in [-0.05, 0) is 65.4 Å². The van der Waals surface area contributed by atoms with Crippen molar-refractivity contribution in [3.05, 3.63) is 44.2 Å². The summed E-state index contributed by atoms with van der Waals surface area (Å²) in [6.07, 6.45) is 3.89. The molecule has 3 N–H and O–H groups in total. The van der Waals surface area contributed by atoms with E-state index in [1.807, 2.05) is 0 Å². The molecule has 0 unspecified atom stereocenters. The lowest BCUT2D eigenvalue weighted by atomic mass is 9.95. The van der Waals surface area contributed by atoms with Crippen molar-refractivity contribution in [3.8, 4) is 5.75 Å². The Labute approximate surface area is 170 Å². The second-order valence-corrected chi connectivity index (χ2v) is 8.18. The summed E-state index contributed by atoms with van der Waals surface area (Å²) in [5, 5.41) is 3.40. The van der Waals surface area contributed by atoms with E-state index in [0.717, 1.165) is 36.1 Å². The van der Waals surface area contributed by atoms with E-state index in [1.165, 1.54) is 11.3 Å². The Balaban J connectivity index is 1.79. The highest BCUT2D eigenvalue weighted by molar-refractivity contribution is 9.10. The fraction of sp³-hybridized carbons (Fsp3) is 0.368. The third-order valence-electron chi connectivity index (χ3n) is 4.38. The van der Waals surface area contributed by atoms with Crippen LogP contribution in [-0.2, 0) is 17.6 Å². The van der Waals surface area contributed by atoms with Crippen LogP contribution < -0.4 is 15.8 Å². The molecule has 0 atom stereocenters. The number of carbonyl (C=O) groups excluding carboxylic acids is 2. The molecular weight excluding hydrogens is 432 g/mol. The minimum atomic E-state index is -0.493. The molecule has 8 heteroatoms. The molecular formula is C19H21BrN2O4S. The van der Waals surface area contributed by atoms with E-state index in [4.69, 9.17) is 15.2 Å². The zero-order valence-corrected chi connectivity index (χ0v) is 17.4. The van der Waals surface area contributed by atoms with Crippen molar-refractivity contribution >= 4 is 44.1 Å². The molecule has 0 radical (unpaired) electrons. The minimum absolute atomic E-state index is 0.291. The second-order valence-electron chi connectivity index (χ2n) is 6.22. The van der Waals surface area contributed by atoms with E-state index < -0.39 is 5.91 Å². The Hall–Kier alpha value is -1.90. The SMILES string of the molecule is COCCOc1ccc(C(=O)Nc2sc3c(c2C(N)=O)CCCC3)cc1Br. The van der Waals surface area contributed by atoms with Gasteiger partial charge in [-0.15, -0.1) is 11.3 Å². The Morgan fingerprint density at radius 1 is 1.26 bits per heavy atom. The zero-order chi connectivity index (χ0) is 19.4. The van der Waals surface area contributed by atoms with Crippen LogP contribution in [-0.4, -0.2) is 32.1 Å². The number of hydrogen-bond donors (Lipinski definition) is 2. The van der Waals surface area contributed by atoms with Gasteiger partial charge in [0.15, 0.2) is 0 Å². The summed E-state index contributed by atoms with van der Waals surface area (Å²) >= 11 is 4.87. The number of rotatable bonds is 7. The van der Waals surface area contributed by atoms with Gasteiger partial charge in [-0.1, -0.05) is 0 Å². The molecule has 3 rings (SSSR count). The van der Waals surface area contributed by atoms with Gasteiger partial charge in [0.25, 0.3) is 11.8 Å². The number of hydrogen-bond acceptors (Lipinski definition) is 5. The van der Waals surface area contributed by atoms with E-state index in [1.54, 1.807) is 25.3 Å². The van der Waals surface area contributed by atoms with Crippen LogP contribution in [0.2, 0.25) is 0 Å². The van der Waals surface area contributed by atoms with Gasteiger partial charge in [0.1, 0.15) is 17.4 Å². The predicted molar refractivity (Wildman–Crippen MR) is 109 cm³/mol. The summed E-state index contributed by atoms with van der Waals surface area (Å²) in [7, 11) is 1.61. The van der Waals surface area contributed by atoms with Gasteiger partial charge in [-0.25, -0.2) is 0 Å². The summed E-state index contributed by atoms with van der Waals surface area (Å²) in [6, 6.07) is 5.09. The van der Waals surface area contributed by atoms with Crippen molar-refractivity contribution in [1.29, 1.82) is 0 Å². The fourth-order valence-corrected chi connectivity index (χ4v) is 4.87. The highest BCUT2D eigenvalue weighted by atomic mass is 79.9. The number of aryl methyl sites for hydroxylation is 1. The Morgan fingerprint density at radius 3 is 2.74 bits per heavy atom. The lowest BCUT2D eigenvalue weighted by molar-refractivity contribution is 0.100. The third kappa shape index (κ3) is 4.51. The maximum absolute atomic E-state index is 12.7. The van der Waals surface area contributed by atoms with Crippen molar-refractivity contribution in [2.45, 2.75) is 25.7 Å². The molecule has 1 heterocycles. The molecule has 0 bridgehead atoms. The molecule has 0 saturated heterocycles. The number of amides is 2. The van der Waals surface area contributed by atoms with Gasteiger partial charge < -0.3 is 20.5 Å². The van der Waals surface area contributed by atoms with Gasteiger partial charge in [-0.2, -0.15) is 0 Å². The molecule has 1 aromatic heterocycles. The average Bonchev–Trinajstić information content (AvgIpc) is 3.01. The number of primary amides is 1. The van der Waals surface area contributed by atoms with Crippen LogP contribution in [0.4, 0.5) is 5.00 Å². The van der Waals surface area contributed by atoms with Crippen LogP contribution in [0.1, 0.15) is 44.0 Å². The fourth-order valence-electron chi connectivity index (χ4n) is 3.08. The molecule has 1 aliphatic carbocycles. The standard InChI is InChI=1S/C19H21BrN2O4S/c1-25-8-9-26-14-7-6-11(10-13(14)20)18(24)22-19-16(17(21)23)12-4-2-3-5-15(12)27-19/h6-7,10H,2-5,8-9H2,1H3,(H2,21,23)(H,22,24). The highest BCUT2D eigenvalue weighted by Gasteiger charge is 2.25. The third-order valence-corrected chi connectivity index (χ3v) is 6.21. The number of ether oxygens (including phenoxy) is 2. The lowest BCUT2D eigenvalue weighted by Gasteiger charge is -2.11. The molecule has 0 spiro atoms. The number of nitrogens with two attached hydrogens (primary N) is 1. The molecule has 0 saturated carbocycles. The Kier molecular flexibility index (Phi) is 6.51. The van der Waals surface area contributed by atoms with Crippen LogP contribution in [0.15, 0.2) is 22.7 Å². The molecule has 0 fully saturated rings. The monoisotopic (exact) mass is 452 g/mol. The first kappa shape index (κ1) is 19.9. The first-order chi connectivity index (χ1) is 13.0. The first-order valence-electron chi connectivity index (χ1n) is 8.68. The number of nitrogens with one attached hydrogen (secondary N) is 1. The molecule has 144 valence electrons. The van der Waals surface area contributed by atoms with Crippen molar-refractivity contribution in [3.63, 3.8) is 0 Å². The van der Waals surface area contributed by atoms with Gasteiger partial charge >= 0.3 is 0 Å². The average molecular weight is 453 g/mol. The van der Waals surface area contributed by atoms with Gasteiger partial charge in [0.05, 0.1) is 16.6 Å². The molecule has 0 aliphatic heterocycles. The Morgan fingerprint density at radius 2 is 2.04 bits per heavy atom. The quantitative estimate of drug-likeness (QED) is 0.625. The molecule has 2 amide bonds. The van der Waals surface area contributed by atoms with E-state index in [2.05, 4.69) is 21.2 Å². The lowest BCUT2D eigenvalue weighted by Crippen LogP contribution is -2.18. The number of methoxy groups -OCH3 is 1. The summed E-state index contributed by atoms with van der Waals surface area (Å²) in [5.41, 5.74) is 7.50. The Bertz CT molecular complexity index is 866. The number of benzene rings is 1. The summed E-state index contributed by atoms with van der Waals surface area (Å²) < 4.78 is 11.2. The van der Waals surface area contributed by atoms with Crippen LogP contribution in [0.5, 0.6) is 5.75 Å². The van der Waals surface area contributed by atoms with Gasteiger partial charge in [-0.3, -0.25) is 9.59 Å². The molecule has 1 aliphatic rings. The van der Waals surface area contributed by atoms with Crippen molar-refractivity contribution in [2.75, 3.05) is 25.6 Å².